The monoisotopic (exact) mass is 676 g/mol. The molecule has 0 fully saturated rings. The molecule has 12 nitrogen and oxygen atoms in total. The molecule has 7 N–H and O–H groups in total. The fraction of sp³-hybridized carbons (Fsp3) is 0.226. The van der Waals surface area contributed by atoms with E-state index in [0.29, 0.717) is 31.5 Å². The van der Waals surface area contributed by atoms with Gasteiger partial charge in [-0.2, -0.15) is 16.8 Å². The van der Waals surface area contributed by atoms with E-state index in [1.165, 1.54) is 44.2 Å². The first-order valence-electron chi connectivity index (χ1n) is 13.8. The first-order valence-corrected chi connectivity index (χ1v) is 16.7. The van der Waals surface area contributed by atoms with E-state index < -0.39 is 47.2 Å². The van der Waals surface area contributed by atoms with Crippen LogP contribution in [0.4, 0.5) is 11.4 Å². The Bertz CT molecular complexity index is 1990. The summed E-state index contributed by atoms with van der Waals surface area (Å²) in [4.78, 5) is 14.2. The number of amides is 1. The van der Waals surface area contributed by atoms with Gasteiger partial charge in [-0.15, -0.1) is 0 Å². The second kappa shape index (κ2) is 14.7. The number of rotatable bonds is 10. The van der Waals surface area contributed by atoms with Crippen molar-refractivity contribution >= 4 is 59.8 Å². The van der Waals surface area contributed by atoms with Crippen LogP contribution in [0, 0.1) is 5.41 Å². The fourth-order valence-electron chi connectivity index (χ4n) is 5.51. The summed E-state index contributed by atoms with van der Waals surface area (Å²) in [5.41, 5.74) is 11.9. The van der Waals surface area contributed by atoms with Crippen molar-refractivity contribution in [3.63, 3.8) is 0 Å². The van der Waals surface area contributed by atoms with Gasteiger partial charge in [0.2, 0.25) is 5.91 Å². The van der Waals surface area contributed by atoms with Crippen LogP contribution in [-0.4, -0.2) is 50.8 Å². The number of allylic oxidation sites excluding steroid dienone is 5. The van der Waals surface area contributed by atoms with E-state index >= 15 is 0 Å². The number of hydrogen-bond acceptors (Lipinski definition) is 9. The quantitative estimate of drug-likeness (QED) is 0.0855. The van der Waals surface area contributed by atoms with Crippen molar-refractivity contribution in [1.29, 1.82) is 0 Å². The fourth-order valence-corrected chi connectivity index (χ4v) is 7.54. The Morgan fingerprint density at radius 2 is 1.54 bits per heavy atom. The predicted molar refractivity (Wildman–Crippen MR) is 171 cm³/mol. The molecule has 0 aliphatic heterocycles. The molecule has 0 spiro atoms. The van der Waals surface area contributed by atoms with Crippen LogP contribution in [0.5, 0.6) is 0 Å². The predicted octanol–water partition coefficient (Wildman–Crippen LogP) is 0.318. The van der Waals surface area contributed by atoms with Gasteiger partial charge in [-0.25, -0.2) is 0 Å². The van der Waals surface area contributed by atoms with Crippen molar-refractivity contribution < 1.29 is 65.4 Å². The Labute approximate surface area is 289 Å². The third kappa shape index (κ3) is 8.20. The summed E-state index contributed by atoms with van der Waals surface area (Å²) in [6.07, 6.45) is 8.23. The Morgan fingerprint density at radius 1 is 0.935 bits per heavy atom. The molecule has 0 unspecified atom stereocenters. The molecule has 0 atom stereocenters. The largest absolute Gasteiger partial charge is 1.00 e. The van der Waals surface area contributed by atoms with E-state index in [4.69, 9.17) is 11.5 Å². The van der Waals surface area contributed by atoms with Gasteiger partial charge in [0.05, 0.1) is 11.4 Å². The zero-order valence-corrected chi connectivity index (χ0v) is 29.2. The van der Waals surface area contributed by atoms with Gasteiger partial charge in [0.1, 0.15) is 9.79 Å². The van der Waals surface area contributed by atoms with Gasteiger partial charge in [0.15, 0.2) is 0 Å². The minimum atomic E-state index is -5.34. The molecule has 0 radical (unpaired) electrons. The number of anilines is 1. The molecule has 3 aromatic rings. The number of carbonyl (C=O) groups is 1. The summed E-state index contributed by atoms with van der Waals surface area (Å²) >= 11 is 0. The third-order valence-corrected chi connectivity index (χ3v) is 9.27. The number of aliphatic imine (C=N–C) groups is 1. The molecule has 4 rings (SSSR count). The van der Waals surface area contributed by atoms with Crippen LogP contribution < -0.4 is 51.4 Å². The van der Waals surface area contributed by atoms with Crippen molar-refractivity contribution in [2.75, 3.05) is 18.4 Å². The molecule has 238 valence electrons. The van der Waals surface area contributed by atoms with Crippen LogP contribution >= 0.6 is 0 Å². The average Bonchev–Trinajstić information content (AvgIpc) is 2.93. The molecular weight excluding hydrogens is 643 g/mol. The van der Waals surface area contributed by atoms with Gasteiger partial charge < -0.3 is 21.9 Å². The minimum Gasteiger partial charge on any atom is -0.862 e. The van der Waals surface area contributed by atoms with Crippen molar-refractivity contribution in [1.82, 2.24) is 0 Å². The maximum atomic E-state index is 13.1. The Hall–Kier alpha value is -3.18. The number of hydrogen-bond donors (Lipinski definition) is 5. The van der Waals surface area contributed by atoms with Gasteiger partial charge in [-0.05, 0) is 73.3 Å². The molecule has 0 heterocycles. The van der Waals surface area contributed by atoms with Crippen molar-refractivity contribution in [3.05, 3.63) is 89.5 Å². The van der Waals surface area contributed by atoms with Gasteiger partial charge >= 0.3 is 29.6 Å². The standard InChI is InChI=1S/C31H34N4O8S2.Na/c1-19(36)34-23-7-8-25(26(18-23)35-20(2)37)28(21-9-11-31(12-10-21,13-15-32)14-16-33)29-24-6-4-3-5-22(24)17-27(44(38,39)40)30(29)45(41,42)43;/h3-12,17-18H,13-16,32-33H2,1-2H3,(H,34,36)(H,35,37)(H,38,39,40)(H,41,42,43);/q;+1/p-1. The maximum absolute atomic E-state index is 13.1. The molecule has 46 heavy (non-hydrogen) atoms. The van der Waals surface area contributed by atoms with E-state index in [0.717, 1.165) is 6.07 Å². The summed E-state index contributed by atoms with van der Waals surface area (Å²) in [5, 5.41) is 14.9. The van der Waals surface area contributed by atoms with Gasteiger partial charge in [0, 0.05) is 29.0 Å². The zero-order chi connectivity index (χ0) is 33.2. The van der Waals surface area contributed by atoms with Gasteiger partial charge in [0.25, 0.3) is 20.2 Å². The maximum Gasteiger partial charge on any atom is 1.00 e. The van der Waals surface area contributed by atoms with Crippen molar-refractivity contribution in [2.24, 2.45) is 21.9 Å². The van der Waals surface area contributed by atoms with Crippen LogP contribution in [0.15, 0.2) is 93.2 Å². The molecule has 15 heteroatoms. The number of benzene rings is 3. The van der Waals surface area contributed by atoms with E-state index in [2.05, 4.69) is 10.3 Å². The van der Waals surface area contributed by atoms with Gasteiger partial charge in [-0.3, -0.25) is 18.9 Å². The second-order valence-corrected chi connectivity index (χ2v) is 13.3. The van der Waals surface area contributed by atoms with Crippen LogP contribution in [0.1, 0.15) is 37.8 Å². The summed E-state index contributed by atoms with van der Waals surface area (Å²) in [6.45, 7) is 3.19. The average molecular weight is 677 g/mol. The molecular formula is C31H33N4NaO8S2. The summed E-state index contributed by atoms with van der Waals surface area (Å²) in [5.74, 6) is -1.02. The topological polar surface area (TPSA) is 225 Å². The number of fused-ring (bicyclic) bond motifs is 1. The smallest absolute Gasteiger partial charge is 0.862 e. The Morgan fingerprint density at radius 3 is 2.07 bits per heavy atom. The minimum absolute atomic E-state index is 0. The van der Waals surface area contributed by atoms with Crippen molar-refractivity contribution in [3.8, 4) is 0 Å². The summed E-state index contributed by atoms with van der Waals surface area (Å²) < 4.78 is 72.1. The Kier molecular flexibility index (Phi) is 11.9. The molecule has 1 amide bonds. The van der Waals surface area contributed by atoms with E-state index in [1.54, 1.807) is 24.3 Å². The molecule has 0 bridgehead atoms. The summed E-state index contributed by atoms with van der Waals surface area (Å²) in [7, 11) is -10.5. The molecule has 0 saturated heterocycles. The molecule has 3 aromatic carbocycles. The number of nitrogens with one attached hydrogen (secondary N) is 1. The van der Waals surface area contributed by atoms with Crippen LogP contribution in [0.25, 0.3) is 16.3 Å². The zero-order valence-electron chi connectivity index (χ0n) is 25.5. The van der Waals surface area contributed by atoms with Crippen LogP contribution in [0.2, 0.25) is 0 Å². The van der Waals surface area contributed by atoms with Crippen LogP contribution in [0.3, 0.4) is 0 Å². The number of nitrogens with zero attached hydrogens (tertiary/aromatic N) is 1. The molecule has 1 aliphatic rings. The first-order chi connectivity index (χ1) is 21.1. The van der Waals surface area contributed by atoms with E-state index in [-0.39, 0.29) is 68.4 Å². The Balaban J connectivity index is 0.00000576. The van der Waals surface area contributed by atoms with E-state index in [1.807, 2.05) is 12.2 Å². The molecule has 0 aromatic heterocycles. The normalized spacial score (nSPS) is 14.7. The van der Waals surface area contributed by atoms with Crippen molar-refractivity contribution in [2.45, 2.75) is 36.5 Å². The first kappa shape index (κ1) is 37.3. The van der Waals surface area contributed by atoms with E-state index in [9.17, 15) is 35.8 Å². The second-order valence-electron chi connectivity index (χ2n) is 10.6. The van der Waals surface area contributed by atoms with Gasteiger partial charge in [-0.1, -0.05) is 54.6 Å². The molecule has 0 saturated carbocycles. The molecule has 1 aliphatic carbocycles. The summed E-state index contributed by atoms with van der Waals surface area (Å²) in [6, 6.07) is 11.6. The van der Waals surface area contributed by atoms with Crippen LogP contribution in [-0.2, 0) is 25.0 Å². The number of carbonyl (C=O) groups excluding carboxylic acids is 1. The third-order valence-electron chi connectivity index (χ3n) is 7.32. The SMILES string of the molecule is CC(=O)Nc1cc(N=C(C)[O-])ccc1C(=C1C=CC(CCN)(CCN)C=C1)c1c(S(=O)(=O)O)c(S(=O)(=O)O)cc2ccccc12.[Na+]. The number of nitrogens with two attached hydrogens (primary N) is 2.